The van der Waals surface area contributed by atoms with Gasteiger partial charge in [-0.05, 0) is 18.8 Å². The van der Waals surface area contributed by atoms with Crippen LogP contribution in [0.2, 0.25) is 0 Å². The van der Waals surface area contributed by atoms with Gasteiger partial charge in [-0.3, -0.25) is 4.79 Å². The van der Waals surface area contributed by atoms with Gasteiger partial charge in [0.25, 0.3) is 0 Å². The highest BCUT2D eigenvalue weighted by Gasteiger charge is 2.21. The van der Waals surface area contributed by atoms with Gasteiger partial charge in [-0.1, -0.05) is 13.3 Å². The highest BCUT2D eigenvalue weighted by Crippen LogP contribution is 2.24. The topological polar surface area (TPSA) is 41.1 Å². The van der Waals surface area contributed by atoms with Crippen LogP contribution >= 0.6 is 0 Å². The first kappa shape index (κ1) is 10.5. The number of carbonyl (C=O) groups excluding carboxylic acids is 1. The van der Waals surface area contributed by atoms with Crippen LogP contribution in [0, 0.1) is 5.92 Å². The summed E-state index contributed by atoms with van der Waals surface area (Å²) in [5, 5.41) is 6.25. The van der Waals surface area contributed by atoms with E-state index >= 15 is 0 Å². The van der Waals surface area contributed by atoms with Crippen molar-refractivity contribution in [3.8, 4) is 0 Å². The van der Waals surface area contributed by atoms with Crippen molar-refractivity contribution in [3.63, 3.8) is 0 Å². The smallest absolute Gasteiger partial charge is 0.216 e. The van der Waals surface area contributed by atoms with Crippen molar-refractivity contribution in [1.29, 1.82) is 0 Å². The Morgan fingerprint density at radius 1 is 1.38 bits per heavy atom. The summed E-state index contributed by atoms with van der Waals surface area (Å²) in [5.41, 5.74) is 0. The Bertz CT molecular complexity index is 170. The van der Waals surface area contributed by atoms with Crippen molar-refractivity contribution in [1.82, 2.24) is 10.6 Å². The molecule has 13 heavy (non-hydrogen) atoms. The average Bonchev–Trinajstić information content (AvgIpc) is 2.45. The molecular formula is C10H20N2O. The summed E-state index contributed by atoms with van der Waals surface area (Å²) in [5.74, 6) is 0.860. The zero-order valence-corrected chi connectivity index (χ0v) is 8.60. The van der Waals surface area contributed by atoms with Crippen LogP contribution in [0.3, 0.4) is 0 Å². The van der Waals surface area contributed by atoms with E-state index in [0.717, 1.165) is 19.0 Å². The molecule has 1 saturated carbocycles. The molecule has 1 aliphatic carbocycles. The Morgan fingerprint density at radius 3 is 2.69 bits per heavy atom. The lowest BCUT2D eigenvalue weighted by Gasteiger charge is -2.16. The van der Waals surface area contributed by atoms with Crippen LogP contribution in [-0.2, 0) is 4.79 Å². The zero-order valence-electron chi connectivity index (χ0n) is 8.60. The van der Waals surface area contributed by atoms with E-state index in [9.17, 15) is 4.79 Å². The van der Waals surface area contributed by atoms with E-state index in [-0.39, 0.29) is 5.91 Å². The minimum Gasteiger partial charge on any atom is -0.355 e. The van der Waals surface area contributed by atoms with E-state index in [4.69, 9.17) is 0 Å². The lowest BCUT2D eigenvalue weighted by Crippen LogP contribution is -2.37. The van der Waals surface area contributed by atoms with E-state index < -0.39 is 0 Å². The summed E-state index contributed by atoms with van der Waals surface area (Å²) >= 11 is 0. The third-order valence-electron chi connectivity index (χ3n) is 2.77. The molecule has 2 N–H and O–H groups in total. The third-order valence-corrected chi connectivity index (χ3v) is 2.77. The van der Waals surface area contributed by atoms with Gasteiger partial charge in [0.1, 0.15) is 0 Å². The maximum absolute atomic E-state index is 10.6. The Labute approximate surface area is 80.3 Å². The number of hydrogen-bond acceptors (Lipinski definition) is 2. The molecule has 0 bridgehead atoms. The van der Waals surface area contributed by atoms with Gasteiger partial charge >= 0.3 is 0 Å². The summed E-state index contributed by atoms with van der Waals surface area (Å²) in [6, 6.07) is 0.675. The van der Waals surface area contributed by atoms with Crippen LogP contribution in [0.15, 0.2) is 0 Å². The maximum Gasteiger partial charge on any atom is 0.216 e. The first-order valence-electron chi connectivity index (χ1n) is 5.18. The average molecular weight is 184 g/mol. The predicted octanol–water partition coefficient (Wildman–Crippen LogP) is 0.901. The van der Waals surface area contributed by atoms with Crippen LogP contribution < -0.4 is 10.6 Å². The molecule has 76 valence electrons. The number of carbonyl (C=O) groups is 1. The van der Waals surface area contributed by atoms with Gasteiger partial charge in [-0.15, -0.1) is 0 Å². The van der Waals surface area contributed by atoms with Crippen molar-refractivity contribution in [2.24, 2.45) is 5.92 Å². The van der Waals surface area contributed by atoms with Crippen molar-refractivity contribution >= 4 is 5.91 Å². The Kier molecular flexibility index (Phi) is 4.22. The van der Waals surface area contributed by atoms with E-state index in [1.54, 1.807) is 6.92 Å². The molecule has 1 rings (SSSR count). The van der Waals surface area contributed by atoms with E-state index in [0.29, 0.717) is 6.04 Å². The van der Waals surface area contributed by atoms with Gasteiger partial charge < -0.3 is 10.6 Å². The van der Waals surface area contributed by atoms with E-state index in [2.05, 4.69) is 17.6 Å². The van der Waals surface area contributed by atoms with Crippen LogP contribution in [0.4, 0.5) is 0 Å². The predicted molar refractivity (Wildman–Crippen MR) is 53.5 cm³/mol. The second-order valence-corrected chi connectivity index (χ2v) is 3.95. The molecule has 0 spiro atoms. The number of hydrogen-bond donors (Lipinski definition) is 2. The van der Waals surface area contributed by atoms with Crippen molar-refractivity contribution in [2.45, 2.75) is 39.2 Å². The highest BCUT2D eigenvalue weighted by molar-refractivity contribution is 5.72. The highest BCUT2D eigenvalue weighted by atomic mass is 16.1. The van der Waals surface area contributed by atoms with Gasteiger partial charge in [-0.25, -0.2) is 0 Å². The van der Waals surface area contributed by atoms with Crippen molar-refractivity contribution < 1.29 is 4.79 Å². The summed E-state index contributed by atoms with van der Waals surface area (Å²) in [4.78, 5) is 10.6. The normalized spacial score (nSPS) is 27.5. The molecule has 0 radical (unpaired) electrons. The molecule has 2 unspecified atom stereocenters. The quantitative estimate of drug-likeness (QED) is 0.637. The zero-order chi connectivity index (χ0) is 9.68. The fourth-order valence-electron chi connectivity index (χ4n) is 1.94. The molecule has 1 amide bonds. The minimum absolute atomic E-state index is 0.0567. The SMILES string of the molecule is CC(=O)NCCNC1CCCC1C. The van der Waals surface area contributed by atoms with Crippen LogP contribution in [-0.4, -0.2) is 25.0 Å². The molecule has 0 heterocycles. The van der Waals surface area contributed by atoms with E-state index in [1.807, 2.05) is 0 Å². The second-order valence-electron chi connectivity index (χ2n) is 3.95. The number of nitrogens with one attached hydrogen (secondary N) is 2. The Morgan fingerprint density at radius 2 is 2.15 bits per heavy atom. The van der Waals surface area contributed by atoms with Crippen molar-refractivity contribution in [3.05, 3.63) is 0 Å². The number of amides is 1. The fraction of sp³-hybridized carbons (Fsp3) is 0.900. The minimum atomic E-state index is 0.0567. The summed E-state index contributed by atoms with van der Waals surface area (Å²) in [7, 11) is 0. The molecule has 0 aliphatic heterocycles. The Balaban J connectivity index is 2.02. The molecule has 1 aliphatic rings. The van der Waals surface area contributed by atoms with Crippen LogP contribution in [0.25, 0.3) is 0 Å². The molecule has 2 atom stereocenters. The van der Waals surface area contributed by atoms with Crippen molar-refractivity contribution in [2.75, 3.05) is 13.1 Å². The molecule has 0 aromatic heterocycles. The molecule has 3 nitrogen and oxygen atoms in total. The fourth-order valence-corrected chi connectivity index (χ4v) is 1.94. The van der Waals surface area contributed by atoms with E-state index in [1.165, 1.54) is 19.3 Å². The number of rotatable bonds is 4. The Hall–Kier alpha value is -0.570. The van der Waals surface area contributed by atoms with Crippen LogP contribution in [0.1, 0.15) is 33.1 Å². The molecule has 0 aromatic rings. The lowest BCUT2D eigenvalue weighted by molar-refractivity contribution is -0.118. The summed E-state index contributed by atoms with van der Waals surface area (Å²) in [6.07, 6.45) is 3.98. The molecular weight excluding hydrogens is 164 g/mol. The van der Waals surface area contributed by atoms with Gasteiger partial charge in [0.15, 0.2) is 0 Å². The maximum atomic E-state index is 10.6. The lowest BCUT2D eigenvalue weighted by atomic mass is 10.1. The monoisotopic (exact) mass is 184 g/mol. The van der Waals surface area contributed by atoms with Gasteiger partial charge in [-0.2, -0.15) is 0 Å². The van der Waals surface area contributed by atoms with Crippen LogP contribution in [0.5, 0.6) is 0 Å². The largest absolute Gasteiger partial charge is 0.355 e. The standard InChI is InChI=1S/C10H20N2O/c1-8-4-3-5-10(8)12-7-6-11-9(2)13/h8,10,12H,3-7H2,1-2H3,(H,11,13). The second kappa shape index (κ2) is 5.22. The summed E-state index contributed by atoms with van der Waals surface area (Å²) < 4.78 is 0. The van der Waals surface area contributed by atoms with Gasteiger partial charge in [0.2, 0.25) is 5.91 Å². The summed E-state index contributed by atoms with van der Waals surface area (Å²) in [6.45, 7) is 5.49. The first-order chi connectivity index (χ1) is 6.20. The van der Waals surface area contributed by atoms with Gasteiger partial charge in [0.05, 0.1) is 0 Å². The molecule has 3 heteroatoms. The van der Waals surface area contributed by atoms with Gasteiger partial charge in [0, 0.05) is 26.1 Å². The molecule has 0 aromatic carbocycles. The first-order valence-corrected chi connectivity index (χ1v) is 5.18. The third kappa shape index (κ3) is 3.77. The molecule has 1 fully saturated rings. The molecule has 0 saturated heterocycles.